The molecule has 0 saturated heterocycles. The molecule has 1 aromatic rings. The predicted octanol–water partition coefficient (Wildman–Crippen LogP) is 4.82. The van der Waals surface area contributed by atoms with Gasteiger partial charge in [-0.2, -0.15) is 0 Å². The zero-order valence-electron chi connectivity index (χ0n) is 11.7. The summed E-state index contributed by atoms with van der Waals surface area (Å²) in [5, 5.41) is 3.47. The molecule has 0 heterocycles. The summed E-state index contributed by atoms with van der Waals surface area (Å²) in [5.41, 5.74) is 5.00. The third kappa shape index (κ3) is 3.72. The van der Waals surface area contributed by atoms with Crippen molar-refractivity contribution in [1.29, 1.82) is 0 Å². The van der Waals surface area contributed by atoms with Crippen LogP contribution in [-0.2, 0) is 0 Å². The van der Waals surface area contributed by atoms with Crippen molar-refractivity contribution in [3.8, 4) is 0 Å². The summed E-state index contributed by atoms with van der Waals surface area (Å²) < 4.78 is 0. The molecule has 0 aliphatic heterocycles. The van der Waals surface area contributed by atoms with Crippen LogP contribution < -0.4 is 5.32 Å². The Balaban J connectivity index is 2.10. The van der Waals surface area contributed by atoms with E-state index in [1.165, 1.54) is 22.5 Å². The van der Waals surface area contributed by atoms with Gasteiger partial charge < -0.3 is 5.32 Å². The Kier molecular flexibility index (Phi) is 4.79. The summed E-state index contributed by atoms with van der Waals surface area (Å²) in [7, 11) is 0. The average Bonchev–Trinajstić information content (AvgIpc) is 2.71. The summed E-state index contributed by atoms with van der Waals surface area (Å²) >= 11 is 0. The van der Waals surface area contributed by atoms with Crippen LogP contribution in [0.15, 0.2) is 72.1 Å². The first kappa shape index (κ1) is 13.4. The van der Waals surface area contributed by atoms with E-state index in [9.17, 15) is 0 Å². The molecule has 0 saturated carbocycles. The minimum atomic E-state index is 0.959. The summed E-state index contributed by atoms with van der Waals surface area (Å²) in [6.45, 7) is 4.23. The fourth-order valence-electron chi connectivity index (χ4n) is 2.12. The number of hydrogen-bond donors (Lipinski definition) is 1. The molecule has 1 N–H and O–H groups in total. The van der Waals surface area contributed by atoms with Gasteiger partial charge in [0.2, 0.25) is 0 Å². The van der Waals surface area contributed by atoms with Crippen LogP contribution >= 0.6 is 0 Å². The van der Waals surface area contributed by atoms with Crippen molar-refractivity contribution in [3.63, 3.8) is 0 Å². The maximum Gasteiger partial charge on any atom is 0.0344 e. The van der Waals surface area contributed by atoms with Crippen LogP contribution in [0.1, 0.15) is 32.3 Å². The number of benzene rings is 1. The van der Waals surface area contributed by atoms with Crippen molar-refractivity contribution < 1.29 is 0 Å². The second-order valence-corrected chi connectivity index (χ2v) is 4.55. The van der Waals surface area contributed by atoms with E-state index in [0.29, 0.717) is 0 Å². The molecule has 1 aliphatic carbocycles. The molecule has 1 aromatic carbocycles. The molecular weight excluding hydrogens is 230 g/mol. The summed E-state index contributed by atoms with van der Waals surface area (Å²) in [5.74, 6) is 0. The van der Waals surface area contributed by atoms with E-state index in [-0.39, 0.29) is 0 Å². The van der Waals surface area contributed by atoms with Crippen molar-refractivity contribution in [2.24, 2.45) is 0 Å². The smallest absolute Gasteiger partial charge is 0.0344 e. The highest BCUT2D eigenvalue weighted by Crippen LogP contribution is 2.20. The van der Waals surface area contributed by atoms with E-state index in [1.807, 2.05) is 0 Å². The van der Waals surface area contributed by atoms with Crippen LogP contribution in [0.2, 0.25) is 0 Å². The second-order valence-electron chi connectivity index (χ2n) is 4.55. The van der Waals surface area contributed by atoms with Crippen LogP contribution in [0.3, 0.4) is 0 Å². The fraction of sp³-hybridized carbons (Fsp3) is 0.222. The van der Waals surface area contributed by atoms with E-state index in [0.717, 1.165) is 12.8 Å². The summed E-state index contributed by atoms with van der Waals surface area (Å²) in [6.07, 6.45) is 13.0. The molecule has 0 atom stereocenters. The molecule has 0 radical (unpaired) electrons. The number of hydrogen-bond acceptors (Lipinski definition) is 1. The Hall–Kier alpha value is -2.02. The van der Waals surface area contributed by atoms with Gasteiger partial charge in [-0.05, 0) is 37.0 Å². The van der Waals surface area contributed by atoms with Gasteiger partial charge in [-0.15, -0.1) is 0 Å². The lowest BCUT2D eigenvalue weighted by Crippen LogP contribution is -2.10. The average molecular weight is 251 g/mol. The molecule has 0 fully saturated rings. The van der Waals surface area contributed by atoms with E-state index < -0.39 is 0 Å². The first-order valence-corrected chi connectivity index (χ1v) is 6.89. The predicted molar refractivity (Wildman–Crippen MR) is 83.4 cm³/mol. The SMILES string of the molecule is C/C=C(/CC)NC1=CCC=C(c2ccccc2)C=C1. The summed E-state index contributed by atoms with van der Waals surface area (Å²) in [6, 6.07) is 10.5. The van der Waals surface area contributed by atoms with Gasteiger partial charge in [-0.3, -0.25) is 0 Å². The Morgan fingerprint density at radius 2 is 1.95 bits per heavy atom. The zero-order chi connectivity index (χ0) is 13.5. The van der Waals surface area contributed by atoms with Gasteiger partial charge in [-0.25, -0.2) is 0 Å². The molecule has 19 heavy (non-hydrogen) atoms. The lowest BCUT2D eigenvalue weighted by molar-refractivity contribution is 0.903. The topological polar surface area (TPSA) is 12.0 Å². The minimum absolute atomic E-state index is 0.959. The van der Waals surface area contributed by atoms with Crippen molar-refractivity contribution >= 4 is 5.57 Å². The summed E-state index contributed by atoms with van der Waals surface area (Å²) in [4.78, 5) is 0. The molecule has 0 bridgehead atoms. The standard InChI is InChI=1S/C18H21N/c1-3-17(4-2)19-18-12-8-11-16(13-14-18)15-9-6-5-7-10-15/h3,5-7,9-14,19H,4,8H2,1-2H3/b17-3-. The van der Waals surface area contributed by atoms with Crippen molar-refractivity contribution in [2.75, 3.05) is 0 Å². The molecule has 2 rings (SSSR count). The first-order valence-electron chi connectivity index (χ1n) is 6.89. The highest BCUT2D eigenvalue weighted by atomic mass is 14.9. The first-order chi connectivity index (χ1) is 9.33. The quantitative estimate of drug-likeness (QED) is 0.809. The Morgan fingerprint density at radius 1 is 1.16 bits per heavy atom. The van der Waals surface area contributed by atoms with Crippen molar-refractivity contribution in [2.45, 2.75) is 26.7 Å². The molecule has 1 aliphatic rings. The van der Waals surface area contributed by atoms with Gasteiger partial charge in [0, 0.05) is 11.4 Å². The van der Waals surface area contributed by atoms with Gasteiger partial charge in [-0.1, -0.05) is 61.6 Å². The monoisotopic (exact) mass is 251 g/mol. The van der Waals surface area contributed by atoms with Crippen LogP contribution in [0.25, 0.3) is 5.57 Å². The molecule has 98 valence electrons. The number of rotatable bonds is 4. The fourth-order valence-corrected chi connectivity index (χ4v) is 2.12. The lowest BCUT2D eigenvalue weighted by atomic mass is 10.1. The molecule has 1 nitrogen and oxygen atoms in total. The van der Waals surface area contributed by atoms with Gasteiger partial charge in [0.25, 0.3) is 0 Å². The lowest BCUT2D eigenvalue weighted by Gasteiger charge is -2.08. The molecular formula is C18H21N. The normalized spacial score (nSPS) is 15.6. The van der Waals surface area contributed by atoms with Crippen LogP contribution in [0.5, 0.6) is 0 Å². The van der Waals surface area contributed by atoms with E-state index in [4.69, 9.17) is 0 Å². The maximum atomic E-state index is 3.47. The molecule has 0 spiro atoms. The third-order valence-corrected chi connectivity index (χ3v) is 3.26. The highest BCUT2D eigenvalue weighted by Gasteiger charge is 2.01. The Bertz CT molecular complexity index is 530. The van der Waals surface area contributed by atoms with Crippen LogP contribution in [0.4, 0.5) is 0 Å². The van der Waals surface area contributed by atoms with Crippen molar-refractivity contribution in [3.05, 3.63) is 77.7 Å². The second kappa shape index (κ2) is 6.79. The van der Waals surface area contributed by atoms with Crippen LogP contribution in [0, 0.1) is 0 Å². The molecule has 0 unspecified atom stereocenters. The van der Waals surface area contributed by atoms with E-state index in [1.54, 1.807) is 0 Å². The van der Waals surface area contributed by atoms with E-state index >= 15 is 0 Å². The van der Waals surface area contributed by atoms with Gasteiger partial charge in [0.1, 0.15) is 0 Å². The van der Waals surface area contributed by atoms with Crippen LogP contribution in [-0.4, -0.2) is 0 Å². The largest absolute Gasteiger partial charge is 0.359 e. The minimum Gasteiger partial charge on any atom is -0.359 e. The Morgan fingerprint density at radius 3 is 2.63 bits per heavy atom. The number of nitrogens with one attached hydrogen (secondary N) is 1. The maximum absolute atomic E-state index is 3.47. The van der Waals surface area contributed by atoms with Gasteiger partial charge in [0.15, 0.2) is 0 Å². The molecule has 1 heteroatoms. The van der Waals surface area contributed by atoms with Gasteiger partial charge >= 0.3 is 0 Å². The molecule has 0 aromatic heterocycles. The molecule has 0 amide bonds. The Labute approximate surface area is 116 Å². The van der Waals surface area contributed by atoms with Gasteiger partial charge in [0.05, 0.1) is 0 Å². The highest BCUT2D eigenvalue weighted by molar-refractivity contribution is 5.75. The zero-order valence-corrected chi connectivity index (χ0v) is 11.7. The number of allylic oxidation sites excluding steroid dienone is 7. The third-order valence-electron chi connectivity index (χ3n) is 3.26. The van der Waals surface area contributed by atoms with Crippen molar-refractivity contribution in [1.82, 2.24) is 5.32 Å². The van der Waals surface area contributed by atoms with E-state index in [2.05, 4.69) is 79.9 Å².